The third-order valence-electron chi connectivity index (χ3n) is 8.53. The fraction of sp³-hybridized carbons (Fsp3) is 0.472. The number of hydrogen-bond acceptors (Lipinski definition) is 5. The Morgan fingerprint density at radius 1 is 1.04 bits per heavy atom. The van der Waals surface area contributed by atoms with Gasteiger partial charge in [0.2, 0.25) is 5.91 Å². The molecule has 0 saturated carbocycles. The number of nitrogens with one attached hydrogen (secondary N) is 1. The Balaban J connectivity index is 1.73. The Hall–Kier alpha value is -3.92. The molecule has 248 valence electrons. The van der Waals surface area contributed by atoms with Crippen LogP contribution in [-0.2, 0) is 20.7 Å². The number of alkyl halides is 1. The number of pyridine rings is 1. The molecule has 7 nitrogen and oxygen atoms in total. The second-order valence-electron chi connectivity index (χ2n) is 12.7. The fourth-order valence-electron chi connectivity index (χ4n) is 6.12. The van der Waals surface area contributed by atoms with Crippen molar-refractivity contribution in [2.75, 3.05) is 26.2 Å². The molecule has 1 amide bonds. The Kier molecular flexibility index (Phi) is 11.5. The molecule has 1 aromatic heterocycles. The van der Waals surface area contributed by atoms with Gasteiger partial charge in [-0.25, -0.2) is 13.2 Å². The van der Waals surface area contributed by atoms with Gasteiger partial charge in [0.25, 0.3) is 5.56 Å². The number of halogens is 3. The van der Waals surface area contributed by atoms with Crippen molar-refractivity contribution in [3.63, 3.8) is 0 Å². The molecule has 0 radical (unpaired) electrons. The van der Waals surface area contributed by atoms with Gasteiger partial charge in [0.05, 0.1) is 19.1 Å². The predicted octanol–water partition coefficient (Wildman–Crippen LogP) is 6.31. The van der Waals surface area contributed by atoms with Crippen LogP contribution in [0, 0.1) is 38.3 Å². The quantitative estimate of drug-likeness (QED) is 0.222. The summed E-state index contributed by atoms with van der Waals surface area (Å²) < 4.78 is 50.6. The van der Waals surface area contributed by atoms with Crippen LogP contribution in [0.3, 0.4) is 0 Å². The minimum Gasteiger partial charge on any atom is -0.466 e. The van der Waals surface area contributed by atoms with Crippen LogP contribution in [0.15, 0.2) is 47.4 Å². The molecule has 0 bridgehead atoms. The third kappa shape index (κ3) is 8.26. The molecular weight excluding hydrogens is 595 g/mol. The van der Waals surface area contributed by atoms with Gasteiger partial charge in [0, 0.05) is 37.5 Å². The van der Waals surface area contributed by atoms with E-state index in [1.54, 1.807) is 13.1 Å². The molecule has 0 spiro atoms. The molecular formula is C36H44F3N3O4. The highest BCUT2D eigenvalue weighted by molar-refractivity contribution is 5.82. The van der Waals surface area contributed by atoms with Gasteiger partial charge in [-0.1, -0.05) is 32.0 Å². The number of carbonyl (C=O) groups is 2. The summed E-state index contributed by atoms with van der Waals surface area (Å²) in [5, 5.41) is 2.78. The van der Waals surface area contributed by atoms with E-state index in [-0.39, 0.29) is 30.1 Å². The van der Waals surface area contributed by atoms with Crippen LogP contribution in [0.2, 0.25) is 0 Å². The van der Waals surface area contributed by atoms with Gasteiger partial charge in [-0.05, 0) is 92.0 Å². The zero-order valence-electron chi connectivity index (χ0n) is 27.5. The van der Waals surface area contributed by atoms with E-state index >= 15 is 8.78 Å². The van der Waals surface area contributed by atoms with Crippen LogP contribution in [0.25, 0.3) is 11.1 Å². The van der Waals surface area contributed by atoms with E-state index in [4.69, 9.17) is 4.74 Å². The predicted molar refractivity (Wildman–Crippen MR) is 172 cm³/mol. The molecule has 1 aliphatic rings. The second kappa shape index (κ2) is 15.1. The highest BCUT2D eigenvalue weighted by atomic mass is 19.2. The summed E-state index contributed by atoms with van der Waals surface area (Å²) in [5.74, 6) is -3.61. The Morgan fingerprint density at radius 3 is 2.33 bits per heavy atom. The molecule has 4 rings (SSSR count). The normalized spacial score (nSPS) is 15.0. The number of aromatic nitrogens is 1. The van der Waals surface area contributed by atoms with Crippen LogP contribution < -0.4 is 10.9 Å². The van der Waals surface area contributed by atoms with E-state index in [1.807, 2.05) is 57.7 Å². The molecule has 3 aromatic rings. The van der Waals surface area contributed by atoms with Gasteiger partial charge in [0.1, 0.15) is 12.2 Å². The zero-order valence-corrected chi connectivity index (χ0v) is 27.5. The maximum absolute atomic E-state index is 15.6. The monoisotopic (exact) mass is 639 g/mol. The van der Waals surface area contributed by atoms with Crippen molar-refractivity contribution in [3.05, 3.63) is 92.4 Å². The van der Waals surface area contributed by atoms with Gasteiger partial charge in [-0.15, -0.1) is 0 Å². The number of amides is 1. The molecule has 2 heterocycles. The number of nitrogens with zero attached hydrogens (tertiary/aromatic N) is 2. The lowest BCUT2D eigenvalue weighted by molar-refractivity contribution is -0.144. The lowest BCUT2D eigenvalue weighted by atomic mass is 9.92. The minimum atomic E-state index is -1.28. The van der Waals surface area contributed by atoms with Crippen molar-refractivity contribution in [1.29, 1.82) is 0 Å². The molecule has 1 N–H and O–H groups in total. The number of benzene rings is 2. The Labute approximate surface area is 268 Å². The molecule has 2 aromatic carbocycles. The summed E-state index contributed by atoms with van der Waals surface area (Å²) in [7, 11) is 0. The van der Waals surface area contributed by atoms with Crippen molar-refractivity contribution in [2.45, 2.75) is 79.1 Å². The van der Waals surface area contributed by atoms with Crippen molar-refractivity contribution in [2.24, 2.45) is 5.92 Å². The van der Waals surface area contributed by atoms with E-state index in [0.717, 1.165) is 33.9 Å². The van der Waals surface area contributed by atoms with E-state index in [9.17, 15) is 18.8 Å². The molecule has 1 aliphatic heterocycles. The summed E-state index contributed by atoms with van der Waals surface area (Å²) in [6.45, 7) is 12.4. The molecule has 2 atom stereocenters. The molecule has 1 unspecified atom stereocenters. The molecule has 1 fully saturated rings. The van der Waals surface area contributed by atoms with E-state index in [2.05, 4.69) is 5.32 Å². The largest absolute Gasteiger partial charge is 0.466 e. The van der Waals surface area contributed by atoms with Crippen LogP contribution >= 0.6 is 0 Å². The number of esters is 1. The number of rotatable bonds is 13. The number of hydrogen-bond donors (Lipinski definition) is 1. The van der Waals surface area contributed by atoms with Crippen LogP contribution in [-0.4, -0.2) is 53.8 Å². The Bertz CT molecular complexity index is 1610. The van der Waals surface area contributed by atoms with E-state index in [0.29, 0.717) is 31.6 Å². The maximum atomic E-state index is 15.6. The first-order valence-electron chi connectivity index (χ1n) is 15.9. The van der Waals surface area contributed by atoms with Gasteiger partial charge >= 0.3 is 5.97 Å². The summed E-state index contributed by atoms with van der Waals surface area (Å²) in [4.78, 5) is 42.1. The topological polar surface area (TPSA) is 80.6 Å². The van der Waals surface area contributed by atoms with Crippen molar-refractivity contribution < 1.29 is 27.5 Å². The first kappa shape index (κ1) is 34.9. The van der Waals surface area contributed by atoms with Gasteiger partial charge < -0.3 is 14.6 Å². The van der Waals surface area contributed by atoms with Crippen LogP contribution in [0.1, 0.15) is 73.5 Å². The van der Waals surface area contributed by atoms with Crippen molar-refractivity contribution in [3.8, 4) is 11.1 Å². The SMILES string of the molecule is CCOC(=O)C[C@H](NC(=O)C(CC(C)C)n1cc(CCN2CC(F)C2)c(C)cc1=O)c1cc(-c2c(C)cccc2C)cc(F)c1F. The third-order valence-corrected chi connectivity index (χ3v) is 8.53. The highest BCUT2D eigenvalue weighted by Crippen LogP contribution is 2.33. The Morgan fingerprint density at radius 2 is 1.72 bits per heavy atom. The summed E-state index contributed by atoms with van der Waals surface area (Å²) in [6.07, 6.45) is 1.24. The van der Waals surface area contributed by atoms with Crippen molar-refractivity contribution >= 4 is 11.9 Å². The maximum Gasteiger partial charge on any atom is 0.308 e. The molecule has 1 saturated heterocycles. The standard InChI is InChI=1S/C36H44F3N3O4/c1-7-46-33(44)17-30(28-15-26(16-29(38)35(28)39)34-22(4)9-8-10-23(34)5)40-36(45)31(13-21(2)3)42-18-25(24(6)14-32(42)43)11-12-41-19-27(37)20-41/h8-10,14-16,18,21,27,30-31H,7,11-13,17,19-20H2,1-6H3,(H,40,45)/t30-,31?/m0/s1. The summed E-state index contributed by atoms with van der Waals surface area (Å²) in [5.41, 5.74) is 3.88. The van der Waals surface area contributed by atoms with Crippen molar-refractivity contribution in [1.82, 2.24) is 14.8 Å². The molecule has 10 heteroatoms. The lowest BCUT2D eigenvalue weighted by Gasteiger charge is -2.34. The number of carbonyl (C=O) groups excluding carboxylic acids is 2. The average molecular weight is 640 g/mol. The van der Waals surface area contributed by atoms with E-state index < -0.39 is 48.2 Å². The van der Waals surface area contributed by atoms with Gasteiger partial charge in [-0.2, -0.15) is 0 Å². The zero-order chi connectivity index (χ0) is 33.7. The molecule has 0 aliphatic carbocycles. The first-order chi connectivity index (χ1) is 21.8. The van der Waals surface area contributed by atoms with Gasteiger partial charge in [-0.3, -0.25) is 19.3 Å². The average Bonchev–Trinajstić information content (AvgIpc) is 2.95. The van der Waals surface area contributed by atoms with Crippen LogP contribution in [0.5, 0.6) is 0 Å². The summed E-state index contributed by atoms with van der Waals surface area (Å²) in [6, 6.07) is 7.38. The number of aryl methyl sites for hydroxylation is 3. The van der Waals surface area contributed by atoms with Gasteiger partial charge in [0.15, 0.2) is 11.6 Å². The fourth-order valence-corrected chi connectivity index (χ4v) is 6.12. The molecule has 46 heavy (non-hydrogen) atoms. The number of ether oxygens (including phenoxy) is 1. The minimum absolute atomic E-state index is 0.0139. The second-order valence-corrected chi connectivity index (χ2v) is 12.7. The highest BCUT2D eigenvalue weighted by Gasteiger charge is 2.31. The first-order valence-corrected chi connectivity index (χ1v) is 15.9. The van der Waals surface area contributed by atoms with Crippen LogP contribution in [0.4, 0.5) is 13.2 Å². The smallest absolute Gasteiger partial charge is 0.308 e. The summed E-state index contributed by atoms with van der Waals surface area (Å²) >= 11 is 0. The lowest BCUT2D eigenvalue weighted by Crippen LogP contribution is -2.49. The number of likely N-dealkylation sites (tertiary alicyclic amines) is 1. The van der Waals surface area contributed by atoms with E-state index in [1.165, 1.54) is 16.7 Å².